The Balaban J connectivity index is 1.28. The zero-order chi connectivity index (χ0) is 27.6. The second-order valence-electron chi connectivity index (χ2n) is 8.93. The largest absolute Gasteiger partial charge is 0.459 e. The highest BCUT2D eigenvalue weighted by atomic mass is 32.1. The number of halogens is 1. The van der Waals surface area contributed by atoms with Gasteiger partial charge in [0.25, 0.3) is 11.8 Å². The summed E-state index contributed by atoms with van der Waals surface area (Å²) in [7, 11) is 0. The number of rotatable bonds is 7. The van der Waals surface area contributed by atoms with Crippen LogP contribution in [0.5, 0.6) is 5.06 Å². The van der Waals surface area contributed by atoms with Gasteiger partial charge in [0.05, 0.1) is 28.4 Å². The van der Waals surface area contributed by atoms with Gasteiger partial charge in [0, 0.05) is 11.6 Å². The number of aromatic nitrogens is 2. The van der Waals surface area contributed by atoms with Gasteiger partial charge in [-0.3, -0.25) is 14.7 Å². The van der Waals surface area contributed by atoms with Crippen molar-refractivity contribution < 1.29 is 27.9 Å². The van der Waals surface area contributed by atoms with Crippen LogP contribution in [0.3, 0.4) is 0 Å². The Hall–Kier alpha value is -4.97. The van der Waals surface area contributed by atoms with Crippen molar-refractivity contribution in [3.05, 3.63) is 95.7 Å². The van der Waals surface area contributed by atoms with Crippen molar-refractivity contribution in [1.29, 1.82) is 0 Å². The van der Waals surface area contributed by atoms with Crippen LogP contribution in [-0.2, 0) is 5.54 Å². The van der Waals surface area contributed by atoms with Crippen LogP contribution < -0.4 is 20.7 Å². The lowest BCUT2D eigenvalue weighted by Gasteiger charge is -2.26. The Morgan fingerprint density at radius 1 is 1.00 bits per heavy atom. The summed E-state index contributed by atoms with van der Waals surface area (Å²) in [6, 6.07) is 17.3. The highest BCUT2D eigenvalue weighted by Gasteiger charge is 2.27. The Morgan fingerprint density at radius 2 is 1.77 bits per heavy atom. The highest BCUT2D eigenvalue weighted by molar-refractivity contribution is 7.20. The van der Waals surface area contributed by atoms with Crippen LogP contribution in [0.4, 0.5) is 20.7 Å². The number of nitrogens with zero attached hydrogens (tertiary/aromatic N) is 1. The van der Waals surface area contributed by atoms with E-state index in [1.807, 2.05) is 0 Å². The predicted octanol–water partition coefficient (Wildman–Crippen LogP) is 5.88. The third kappa shape index (κ3) is 5.50. The molecule has 0 saturated heterocycles. The van der Waals surface area contributed by atoms with Crippen LogP contribution in [0.15, 0.2) is 77.4 Å². The van der Waals surface area contributed by atoms with Gasteiger partial charge in [-0.25, -0.2) is 9.18 Å². The van der Waals surface area contributed by atoms with E-state index >= 15 is 0 Å². The molecule has 0 atom stereocenters. The molecule has 198 valence electrons. The number of carbonyl (C=O) groups excluding carboxylic acids is 3. The molecule has 3 amide bonds. The van der Waals surface area contributed by atoms with Crippen LogP contribution in [0, 0.1) is 5.82 Å². The van der Waals surface area contributed by atoms with Crippen LogP contribution >= 0.6 is 11.3 Å². The number of carbonyl (C=O) groups is 3. The fourth-order valence-electron chi connectivity index (χ4n) is 3.90. The van der Waals surface area contributed by atoms with Gasteiger partial charge in [-0.1, -0.05) is 41.7 Å². The van der Waals surface area contributed by atoms with Gasteiger partial charge < -0.3 is 25.1 Å². The zero-order valence-corrected chi connectivity index (χ0v) is 21.5. The first-order valence-corrected chi connectivity index (χ1v) is 12.5. The second-order valence-corrected chi connectivity index (χ2v) is 9.95. The second kappa shape index (κ2) is 10.4. The average Bonchev–Trinajstić information content (AvgIpc) is 3.63. The Morgan fingerprint density at radius 3 is 2.54 bits per heavy atom. The van der Waals surface area contributed by atoms with E-state index in [0.29, 0.717) is 15.8 Å². The molecule has 0 unspecified atom stereocenters. The van der Waals surface area contributed by atoms with Gasteiger partial charge in [-0.15, -0.1) is 0 Å². The summed E-state index contributed by atoms with van der Waals surface area (Å²) >= 11 is 1.11. The Bertz CT molecular complexity index is 1670. The summed E-state index contributed by atoms with van der Waals surface area (Å²) in [6.45, 7) is 3.33. The minimum Gasteiger partial charge on any atom is -0.459 e. The highest BCUT2D eigenvalue weighted by Crippen LogP contribution is 2.35. The summed E-state index contributed by atoms with van der Waals surface area (Å²) in [5.74, 6) is -1.15. The molecule has 0 saturated carbocycles. The molecular formula is C27H22FN5O5S. The molecule has 0 bridgehead atoms. The van der Waals surface area contributed by atoms with Crippen molar-refractivity contribution in [1.82, 2.24) is 15.5 Å². The predicted molar refractivity (Wildman–Crippen MR) is 144 cm³/mol. The molecule has 0 spiro atoms. The quantitative estimate of drug-likeness (QED) is 0.201. The van der Waals surface area contributed by atoms with Crippen molar-refractivity contribution >= 4 is 51.0 Å². The molecule has 4 N–H and O–H groups in total. The lowest BCUT2D eigenvalue weighted by molar-refractivity contribution is 0.0996. The number of benzene rings is 2. The minimum atomic E-state index is -1.03. The molecule has 12 heteroatoms. The maximum Gasteiger partial charge on any atom is 0.414 e. The van der Waals surface area contributed by atoms with E-state index in [-0.39, 0.29) is 27.9 Å². The molecular weight excluding hydrogens is 525 g/mol. The van der Waals surface area contributed by atoms with Crippen LogP contribution in [0.25, 0.3) is 10.2 Å². The summed E-state index contributed by atoms with van der Waals surface area (Å²) in [4.78, 5) is 38.6. The van der Waals surface area contributed by atoms with E-state index in [1.165, 1.54) is 18.4 Å². The Kier molecular flexibility index (Phi) is 6.86. The van der Waals surface area contributed by atoms with Crippen molar-refractivity contribution in [2.24, 2.45) is 0 Å². The van der Waals surface area contributed by atoms with Gasteiger partial charge in [-0.2, -0.15) is 5.10 Å². The number of para-hydroxylation sites is 1. The first-order chi connectivity index (χ1) is 18.7. The summed E-state index contributed by atoms with van der Waals surface area (Å²) in [6.07, 6.45) is 0.606. The molecule has 10 nitrogen and oxygen atoms in total. The van der Waals surface area contributed by atoms with Crippen molar-refractivity contribution in [2.75, 3.05) is 10.6 Å². The lowest BCUT2D eigenvalue weighted by Crippen LogP contribution is -2.43. The first-order valence-electron chi connectivity index (χ1n) is 11.7. The molecule has 3 heterocycles. The third-order valence-electron chi connectivity index (χ3n) is 5.79. The third-order valence-corrected chi connectivity index (χ3v) is 6.70. The van der Waals surface area contributed by atoms with E-state index in [2.05, 4.69) is 26.1 Å². The van der Waals surface area contributed by atoms with E-state index in [1.54, 1.807) is 68.4 Å². The number of thiophene rings is 1. The van der Waals surface area contributed by atoms with Gasteiger partial charge in [0.15, 0.2) is 16.6 Å². The number of ether oxygens (including phenoxy) is 1. The molecule has 5 aromatic rings. The smallest absolute Gasteiger partial charge is 0.414 e. The monoisotopic (exact) mass is 547 g/mol. The van der Waals surface area contributed by atoms with Gasteiger partial charge in [0.2, 0.25) is 0 Å². The fourth-order valence-corrected chi connectivity index (χ4v) is 4.76. The van der Waals surface area contributed by atoms with E-state index < -0.39 is 29.3 Å². The number of H-pyrrole nitrogens is 1. The minimum absolute atomic E-state index is 0.103. The normalized spacial score (nSPS) is 11.3. The maximum absolute atomic E-state index is 14.2. The van der Waals surface area contributed by atoms with Gasteiger partial charge >= 0.3 is 6.09 Å². The summed E-state index contributed by atoms with van der Waals surface area (Å²) < 4.78 is 24.8. The lowest BCUT2D eigenvalue weighted by atomic mass is 9.94. The average molecular weight is 548 g/mol. The number of hydrogen-bond acceptors (Lipinski definition) is 7. The van der Waals surface area contributed by atoms with Gasteiger partial charge in [0.1, 0.15) is 10.6 Å². The maximum atomic E-state index is 14.2. The molecule has 0 aliphatic rings. The Labute approximate surface area is 225 Å². The summed E-state index contributed by atoms with van der Waals surface area (Å²) in [5.41, 5.74) is -0.224. The molecule has 39 heavy (non-hydrogen) atoms. The fraction of sp³-hybridized carbons (Fsp3) is 0.111. The molecule has 0 fully saturated rings. The molecule has 0 radical (unpaired) electrons. The SMILES string of the molecule is CC(C)(NC(=O)Oc1cc2c(NC(=O)c3ccccc3NC(=O)c3ccco3)n[nH]c2s1)c1ccccc1F. The van der Waals surface area contributed by atoms with Crippen LogP contribution in [-0.4, -0.2) is 28.1 Å². The number of hydrogen-bond donors (Lipinski definition) is 4. The zero-order valence-electron chi connectivity index (χ0n) is 20.7. The molecule has 5 rings (SSSR count). The molecule has 0 aliphatic carbocycles. The molecule has 3 aromatic heterocycles. The van der Waals surface area contributed by atoms with Crippen molar-refractivity contribution in [3.63, 3.8) is 0 Å². The number of furan rings is 1. The standard InChI is InChI=1S/C27H22FN5O5S/c1-27(2,17-9-4-5-10-18(17)28)31-26(36)38-21-14-16-22(32-33-25(16)39-21)30-23(34)15-8-3-6-11-19(15)29-24(35)20-12-7-13-37-20/h3-14H,1-2H3,(H,29,35)(H,31,36)(H2,30,32,33,34). The topological polar surface area (TPSA) is 138 Å². The van der Waals surface area contributed by atoms with Crippen LogP contribution in [0.2, 0.25) is 0 Å². The van der Waals surface area contributed by atoms with Crippen molar-refractivity contribution in [3.8, 4) is 5.06 Å². The van der Waals surface area contributed by atoms with E-state index in [9.17, 15) is 18.8 Å². The van der Waals surface area contributed by atoms with Gasteiger partial charge in [-0.05, 0) is 44.2 Å². The number of nitrogens with one attached hydrogen (secondary N) is 4. The number of aromatic amines is 1. The van der Waals surface area contributed by atoms with Crippen molar-refractivity contribution in [2.45, 2.75) is 19.4 Å². The summed E-state index contributed by atoms with van der Waals surface area (Å²) in [5, 5.41) is 15.7. The van der Waals surface area contributed by atoms with E-state index in [4.69, 9.17) is 9.15 Å². The van der Waals surface area contributed by atoms with E-state index in [0.717, 1.165) is 11.3 Å². The number of fused-ring (bicyclic) bond motifs is 1. The number of amides is 3. The molecule has 2 aromatic carbocycles. The first kappa shape index (κ1) is 25.7. The molecule has 0 aliphatic heterocycles. The number of anilines is 2. The van der Waals surface area contributed by atoms with Crippen LogP contribution in [0.1, 0.15) is 40.3 Å².